The second-order valence-corrected chi connectivity index (χ2v) is 5.84. The fourth-order valence-corrected chi connectivity index (χ4v) is 2.84. The lowest BCUT2D eigenvalue weighted by atomic mass is 10.1. The average Bonchev–Trinajstić information content (AvgIpc) is 2.77. The number of aliphatic carboxylic acids is 1. The van der Waals surface area contributed by atoms with Gasteiger partial charge in [0.25, 0.3) is 0 Å². The molecule has 5 heteroatoms. The Hall–Kier alpha value is -1.88. The summed E-state index contributed by atoms with van der Waals surface area (Å²) in [5, 5.41) is 11.8. The number of hydrogen-bond donors (Lipinski definition) is 2. The van der Waals surface area contributed by atoms with Gasteiger partial charge in [0.05, 0.1) is 12.5 Å². The third-order valence-corrected chi connectivity index (χ3v) is 4.18. The first-order valence-corrected chi connectivity index (χ1v) is 7.92. The summed E-state index contributed by atoms with van der Waals surface area (Å²) in [6.07, 6.45) is 4.63. The summed E-state index contributed by atoms with van der Waals surface area (Å²) in [4.78, 5) is 25.6. The zero-order valence-electron chi connectivity index (χ0n) is 13.0. The lowest BCUT2D eigenvalue weighted by Gasteiger charge is -2.26. The van der Waals surface area contributed by atoms with Gasteiger partial charge in [-0.3, -0.25) is 14.5 Å². The summed E-state index contributed by atoms with van der Waals surface area (Å²) in [6, 6.07) is 6.88. The molecule has 22 heavy (non-hydrogen) atoms. The van der Waals surface area contributed by atoms with Gasteiger partial charge in [-0.05, 0) is 44.5 Å². The minimum atomic E-state index is -0.901. The summed E-state index contributed by atoms with van der Waals surface area (Å²) in [5.74, 6) is -0.970. The maximum Gasteiger partial charge on any atom is 0.307 e. The highest BCUT2D eigenvalue weighted by Gasteiger charge is 2.22. The van der Waals surface area contributed by atoms with Crippen molar-refractivity contribution >= 4 is 17.6 Å². The normalized spacial score (nSPS) is 17.5. The number of carboxylic acids is 1. The predicted octanol–water partition coefficient (Wildman–Crippen LogP) is 2.52. The second-order valence-electron chi connectivity index (χ2n) is 5.84. The van der Waals surface area contributed by atoms with E-state index in [1.165, 1.54) is 12.8 Å². The number of likely N-dealkylation sites (tertiary alicyclic amines) is 1. The van der Waals surface area contributed by atoms with Gasteiger partial charge in [0, 0.05) is 5.69 Å². The van der Waals surface area contributed by atoms with Crippen molar-refractivity contribution in [3.05, 3.63) is 29.8 Å². The van der Waals surface area contributed by atoms with Crippen LogP contribution >= 0.6 is 0 Å². The highest BCUT2D eigenvalue weighted by molar-refractivity contribution is 5.95. The molecule has 1 fully saturated rings. The number of hydrogen-bond acceptors (Lipinski definition) is 3. The van der Waals surface area contributed by atoms with Crippen molar-refractivity contribution in [3.63, 3.8) is 0 Å². The summed E-state index contributed by atoms with van der Waals surface area (Å²) in [7, 11) is 0. The third kappa shape index (κ3) is 4.56. The van der Waals surface area contributed by atoms with Crippen LogP contribution in [0.4, 0.5) is 5.69 Å². The molecule has 5 nitrogen and oxygen atoms in total. The molecule has 2 N–H and O–H groups in total. The number of carboxylic acid groups (broad SMARTS) is 1. The molecule has 1 aromatic rings. The van der Waals surface area contributed by atoms with Crippen LogP contribution in [0.15, 0.2) is 24.3 Å². The van der Waals surface area contributed by atoms with Crippen molar-refractivity contribution < 1.29 is 14.7 Å². The summed E-state index contributed by atoms with van der Waals surface area (Å²) < 4.78 is 0. The molecule has 0 aliphatic carbocycles. The van der Waals surface area contributed by atoms with Gasteiger partial charge in [0.2, 0.25) is 5.91 Å². The number of nitrogens with zero attached hydrogens (tertiary/aromatic N) is 1. The molecule has 120 valence electrons. The molecular formula is C17H24N2O3. The second kappa shape index (κ2) is 7.94. The van der Waals surface area contributed by atoms with Crippen LogP contribution in [0.25, 0.3) is 0 Å². The smallest absolute Gasteiger partial charge is 0.307 e. The number of carbonyl (C=O) groups is 2. The predicted molar refractivity (Wildman–Crippen MR) is 85.9 cm³/mol. The average molecular weight is 304 g/mol. The van der Waals surface area contributed by atoms with Gasteiger partial charge >= 0.3 is 5.97 Å². The van der Waals surface area contributed by atoms with Gasteiger partial charge in [0.15, 0.2) is 0 Å². The minimum absolute atomic E-state index is 0.0697. The highest BCUT2D eigenvalue weighted by atomic mass is 16.4. The summed E-state index contributed by atoms with van der Waals surface area (Å²) in [6.45, 7) is 3.82. The molecule has 0 aromatic heterocycles. The van der Waals surface area contributed by atoms with E-state index in [0.29, 0.717) is 11.3 Å². The Bertz CT molecular complexity index is 522. The van der Waals surface area contributed by atoms with E-state index in [9.17, 15) is 9.59 Å². The summed E-state index contributed by atoms with van der Waals surface area (Å²) in [5.41, 5.74) is 1.22. The Kier molecular flexibility index (Phi) is 5.95. The number of anilines is 1. The number of carbonyl (C=O) groups excluding carboxylic acids is 1. The van der Waals surface area contributed by atoms with E-state index in [2.05, 4.69) is 10.2 Å². The Morgan fingerprint density at radius 3 is 2.45 bits per heavy atom. The first-order valence-electron chi connectivity index (χ1n) is 7.92. The summed E-state index contributed by atoms with van der Waals surface area (Å²) >= 11 is 0. The number of para-hydroxylation sites is 1. The SMILES string of the molecule is CC(C(=O)Nc1ccccc1CC(=O)O)N1CCCCCC1. The van der Waals surface area contributed by atoms with Crippen molar-refractivity contribution in [2.24, 2.45) is 0 Å². The molecule has 1 unspecified atom stereocenters. The maximum atomic E-state index is 12.5. The van der Waals surface area contributed by atoms with Crippen LogP contribution in [0.5, 0.6) is 0 Å². The lowest BCUT2D eigenvalue weighted by molar-refractivity contribution is -0.136. The quantitative estimate of drug-likeness (QED) is 0.877. The van der Waals surface area contributed by atoms with E-state index in [1.54, 1.807) is 24.3 Å². The van der Waals surface area contributed by atoms with Crippen LogP contribution in [0.3, 0.4) is 0 Å². The number of benzene rings is 1. The van der Waals surface area contributed by atoms with Gasteiger partial charge < -0.3 is 10.4 Å². The van der Waals surface area contributed by atoms with Crippen molar-refractivity contribution in [2.45, 2.75) is 45.1 Å². The van der Waals surface area contributed by atoms with Crippen molar-refractivity contribution in [1.29, 1.82) is 0 Å². The van der Waals surface area contributed by atoms with Gasteiger partial charge in [-0.25, -0.2) is 0 Å². The van der Waals surface area contributed by atoms with Crippen LogP contribution < -0.4 is 5.32 Å². The number of nitrogens with one attached hydrogen (secondary N) is 1. The van der Waals surface area contributed by atoms with Gasteiger partial charge in [-0.2, -0.15) is 0 Å². The molecule has 1 atom stereocenters. The molecule has 0 bridgehead atoms. The number of amides is 1. The van der Waals surface area contributed by atoms with Crippen LogP contribution in [0, 0.1) is 0 Å². The topological polar surface area (TPSA) is 69.6 Å². The van der Waals surface area contributed by atoms with E-state index in [-0.39, 0.29) is 18.4 Å². The molecule has 0 saturated carbocycles. The van der Waals surface area contributed by atoms with Crippen molar-refractivity contribution in [3.8, 4) is 0 Å². The van der Waals surface area contributed by atoms with Crippen LogP contribution in [-0.4, -0.2) is 41.0 Å². The largest absolute Gasteiger partial charge is 0.481 e. The first-order chi connectivity index (χ1) is 10.6. The lowest BCUT2D eigenvalue weighted by Crippen LogP contribution is -2.42. The molecule has 0 spiro atoms. The molecule has 1 aliphatic heterocycles. The van der Waals surface area contributed by atoms with E-state index in [4.69, 9.17) is 5.11 Å². The standard InChI is InChI=1S/C17H24N2O3/c1-13(19-10-6-2-3-7-11-19)17(22)18-15-9-5-4-8-14(15)12-16(20)21/h4-5,8-9,13H,2-3,6-7,10-12H2,1H3,(H,18,22)(H,20,21). The number of rotatable bonds is 5. The van der Waals surface area contributed by atoms with E-state index in [0.717, 1.165) is 25.9 Å². The monoisotopic (exact) mass is 304 g/mol. The minimum Gasteiger partial charge on any atom is -0.481 e. The fraction of sp³-hybridized carbons (Fsp3) is 0.529. The highest BCUT2D eigenvalue weighted by Crippen LogP contribution is 2.18. The molecule has 1 aliphatic rings. The van der Waals surface area contributed by atoms with Gasteiger partial charge in [-0.1, -0.05) is 31.0 Å². The zero-order valence-corrected chi connectivity index (χ0v) is 13.0. The molecule has 1 aromatic carbocycles. The van der Waals surface area contributed by atoms with Crippen LogP contribution in [0.1, 0.15) is 38.2 Å². The Morgan fingerprint density at radius 2 is 1.82 bits per heavy atom. The third-order valence-electron chi connectivity index (χ3n) is 4.18. The Morgan fingerprint density at radius 1 is 1.18 bits per heavy atom. The molecule has 0 radical (unpaired) electrons. The Balaban J connectivity index is 2.03. The molecule has 1 saturated heterocycles. The fourth-order valence-electron chi connectivity index (χ4n) is 2.84. The molecule has 1 heterocycles. The van der Waals surface area contributed by atoms with Crippen molar-refractivity contribution in [2.75, 3.05) is 18.4 Å². The zero-order chi connectivity index (χ0) is 15.9. The van der Waals surface area contributed by atoms with Crippen LogP contribution in [-0.2, 0) is 16.0 Å². The van der Waals surface area contributed by atoms with Crippen molar-refractivity contribution in [1.82, 2.24) is 4.90 Å². The molecule has 2 rings (SSSR count). The Labute approximate surface area is 131 Å². The maximum absolute atomic E-state index is 12.5. The van der Waals surface area contributed by atoms with E-state index >= 15 is 0 Å². The molecule has 1 amide bonds. The van der Waals surface area contributed by atoms with E-state index < -0.39 is 5.97 Å². The van der Waals surface area contributed by atoms with Gasteiger partial charge in [0.1, 0.15) is 0 Å². The van der Waals surface area contributed by atoms with Gasteiger partial charge in [-0.15, -0.1) is 0 Å². The van der Waals surface area contributed by atoms with E-state index in [1.807, 2.05) is 6.92 Å². The molecular weight excluding hydrogens is 280 g/mol. The van der Waals surface area contributed by atoms with Crippen LogP contribution in [0.2, 0.25) is 0 Å². The first kappa shape index (κ1) is 16.5.